The van der Waals surface area contributed by atoms with Gasteiger partial charge in [-0.25, -0.2) is 0 Å². The van der Waals surface area contributed by atoms with Crippen molar-refractivity contribution in [2.24, 2.45) is 5.41 Å². The smallest absolute Gasteiger partial charge is 0.190 e. The Balaban J connectivity index is 4.84. The van der Waals surface area contributed by atoms with E-state index in [1.807, 2.05) is 27.7 Å². The zero-order chi connectivity index (χ0) is 17.4. The van der Waals surface area contributed by atoms with Crippen LogP contribution in [0.1, 0.15) is 54.9 Å². The van der Waals surface area contributed by atoms with Gasteiger partial charge in [-0.3, -0.25) is 0 Å². The van der Waals surface area contributed by atoms with Crippen LogP contribution in [0, 0.1) is 5.41 Å². The highest BCUT2D eigenvalue weighted by Crippen LogP contribution is 2.29. The second-order valence-electron chi connectivity index (χ2n) is 7.62. The van der Waals surface area contributed by atoms with Crippen LogP contribution in [0.15, 0.2) is 0 Å². The summed E-state index contributed by atoms with van der Waals surface area (Å²) in [5.41, 5.74) is -0.0877. The van der Waals surface area contributed by atoms with Crippen LogP contribution in [0.2, 0.25) is 0 Å². The predicted molar refractivity (Wildman–Crippen MR) is 87.9 cm³/mol. The van der Waals surface area contributed by atoms with E-state index in [4.69, 9.17) is 18.9 Å². The molecular weight excluding hydrogens is 284 g/mol. The van der Waals surface area contributed by atoms with Crippen molar-refractivity contribution in [3.63, 3.8) is 0 Å². The lowest BCUT2D eigenvalue weighted by atomic mass is 9.87. The summed E-state index contributed by atoms with van der Waals surface area (Å²) in [6, 6.07) is 0. The third-order valence-electron chi connectivity index (χ3n) is 2.79. The molecule has 22 heavy (non-hydrogen) atoms. The van der Waals surface area contributed by atoms with E-state index in [9.17, 15) is 5.11 Å². The summed E-state index contributed by atoms with van der Waals surface area (Å²) < 4.78 is 22.4. The quantitative estimate of drug-likeness (QED) is 0.593. The first-order chi connectivity index (χ1) is 9.97. The molecule has 0 aromatic rings. The van der Waals surface area contributed by atoms with Crippen molar-refractivity contribution in [1.82, 2.24) is 0 Å². The number of rotatable bonds is 11. The van der Waals surface area contributed by atoms with Gasteiger partial charge in [0.25, 0.3) is 0 Å². The minimum atomic E-state index is -1.35. The molecule has 0 saturated carbocycles. The molecular formula is C17H36O5. The Hall–Kier alpha value is -0.200. The first-order valence-corrected chi connectivity index (χ1v) is 8.10. The average Bonchev–Trinajstić information content (AvgIpc) is 2.30. The van der Waals surface area contributed by atoms with Crippen molar-refractivity contribution in [3.05, 3.63) is 0 Å². The second kappa shape index (κ2) is 9.83. The van der Waals surface area contributed by atoms with Gasteiger partial charge in [-0.15, -0.1) is 0 Å². The summed E-state index contributed by atoms with van der Waals surface area (Å²) in [4.78, 5) is 0. The van der Waals surface area contributed by atoms with Crippen molar-refractivity contribution in [3.8, 4) is 0 Å². The Bertz CT molecular complexity index is 273. The zero-order valence-electron chi connectivity index (χ0n) is 15.6. The Morgan fingerprint density at radius 1 is 0.909 bits per heavy atom. The fourth-order valence-electron chi connectivity index (χ4n) is 2.21. The molecule has 5 heteroatoms. The summed E-state index contributed by atoms with van der Waals surface area (Å²) in [6.45, 7) is 14.9. The molecule has 0 aromatic carbocycles. The van der Waals surface area contributed by atoms with E-state index in [0.29, 0.717) is 19.6 Å². The van der Waals surface area contributed by atoms with Gasteiger partial charge >= 0.3 is 0 Å². The molecule has 134 valence electrons. The van der Waals surface area contributed by atoms with E-state index in [-0.39, 0.29) is 30.3 Å². The molecule has 0 fully saturated rings. The molecule has 0 bridgehead atoms. The standard InChI is InChI=1S/C17H36O5/c1-13(2)20-9-15(10-21-14(3)4)22-17(18,12-19-8)11-16(5,6)7/h13-15,18H,9-12H2,1-8H3. The van der Waals surface area contributed by atoms with Crippen LogP contribution >= 0.6 is 0 Å². The van der Waals surface area contributed by atoms with Gasteiger partial charge in [-0.1, -0.05) is 20.8 Å². The average molecular weight is 320 g/mol. The predicted octanol–water partition coefficient (Wildman–Crippen LogP) is 2.99. The molecule has 0 heterocycles. The highest BCUT2D eigenvalue weighted by molar-refractivity contribution is 4.78. The highest BCUT2D eigenvalue weighted by Gasteiger charge is 2.36. The van der Waals surface area contributed by atoms with E-state index >= 15 is 0 Å². The maximum absolute atomic E-state index is 10.8. The fraction of sp³-hybridized carbons (Fsp3) is 1.00. The van der Waals surface area contributed by atoms with Crippen molar-refractivity contribution >= 4 is 0 Å². The number of methoxy groups -OCH3 is 1. The van der Waals surface area contributed by atoms with E-state index in [1.54, 1.807) is 7.11 Å². The van der Waals surface area contributed by atoms with Crippen LogP contribution in [-0.4, -0.2) is 56.1 Å². The molecule has 0 spiro atoms. The lowest BCUT2D eigenvalue weighted by molar-refractivity contribution is -0.278. The molecule has 0 amide bonds. The van der Waals surface area contributed by atoms with E-state index in [1.165, 1.54) is 0 Å². The molecule has 0 saturated heterocycles. The molecule has 0 aliphatic rings. The molecule has 1 unspecified atom stereocenters. The number of ether oxygens (including phenoxy) is 4. The molecule has 5 nitrogen and oxygen atoms in total. The van der Waals surface area contributed by atoms with Crippen molar-refractivity contribution < 1.29 is 24.1 Å². The molecule has 1 atom stereocenters. The summed E-state index contributed by atoms with van der Waals surface area (Å²) in [6.07, 6.45) is 0.326. The van der Waals surface area contributed by atoms with Gasteiger partial charge in [-0.05, 0) is 33.1 Å². The summed E-state index contributed by atoms with van der Waals surface area (Å²) in [5.74, 6) is -1.35. The third-order valence-corrected chi connectivity index (χ3v) is 2.79. The van der Waals surface area contributed by atoms with Gasteiger partial charge in [-0.2, -0.15) is 0 Å². The van der Waals surface area contributed by atoms with Crippen LogP contribution in [-0.2, 0) is 18.9 Å². The minimum absolute atomic E-state index is 0.0877. The summed E-state index contributed by atoms with van der Waals surface area (Å²) >= 11 is 0. The van der Waals surface area contributed by atoms with Crippen molar-refractivity contribution in [2.45, 2.75) is 79.0 Å². The first-order valence-electron chi connectivity index (χ1n) is 8.10. The number of aliphatic hydroxyl groups is 1. The first kappa shape index (κ1) is 21.8. The Morgan fingerprint density at radius 3 is 1.68 bits per heavy atom. The van der Waals surface area contributed by atoms with Gasteiger partial charge in [0.1, 0.15) is 12.7 Å². The van der Waals surface area contributed by atoms with Crippen molar-refractivity contribution in [1.29, 1.82) is 0 Å². The van der Waals surface area contributed by atoms with Crippen LogP contribution in [0.4, 0.5) is 0 Å². The van der Waals surface area contributed by atoms with Crippen molar-refractivity contribution in [2.75, 3.05) is 26.9 Å². The third kappa shape index (κ3) is 11.4. The monoisotopic (exact) mass is 320 g/mol. The highest BCUT2D eigenvalue weighted by atomic mass is 16.7. The fourth-order valence-corrected chi connectivity index (χ4v) is 2.21. The minimum Gasteiger partial charge on any atom is -0.379 e. The second-order valence-corrected chi connectivity index (χ2v) is 7.62. The van der Waals surface area contributed by atoms with Gasteiger partial charge in [0.2, 0.25) is 0 Å². The Labute approximate surface area is 136 Å². The molecule has 0 rings (SSSR count). The van der Waals surface area contributed by atoms with E-state index in [0.717, 1.165) is 0 Å². The van der Waals surface area contributed by atoms with Crippen LogP contribution < -0.4 is 0 Å². The maximum Gasteiger partial charge on any atom is 0.190 e. The van der Waals surface area contributed by atoms with Gasteiger partial charge in [0, 0.05) is 13.5 Å². The van der Waals surface area contributed by atoms with Gasteiger partial charge < -0.3 is 24.1 Å². The molecule has 0 aliphatic carbocycles. The number of hydrogen-bond donors (Lipinski definition) is 1. The van der Waals surface area contributed by atoms with Crippen LogP contribution in [0.3, 0.4) is 0 Å². The molecule has 0 aliphatic heterocycles. The maximum atomic E-state index is 10.8. The summed E-state index contributed by atoms with van der Waals surface area (Å²) in [7, 11) is 1.56. The topological polar surface area (TPSA) is 57.2 Å². The lowest BCUT2D eigenvalue weighted by Gasteiger charge is -2.36. The van der Waals surface area contributed by atoms with Crippen LogP contribution in [0.5, 0.6) is 0 Å². The normalized spacial score (nSPS) is 15.8. The molecule has 0 aromatic heterocycles. The SMILES string of the molecule is COCC(O)(CC(C)(C)C)OC(COC(C)C)COC(C)C. The van der Waals surface area contributed by atoms with Gasteiger partial charge in [0.05, 0.1) is 25.4 Å². The van der Waals surface area contributed by atoms with E-state index < -0.39 is 5.79 Å². The lowest BCUT2D eigenvalue weighted by Crippen LogP contribution is -2.46. The molecule has 1 N–H and O–H groups in total. The number of hydrogen-bond acceptors (Lipinski definition) is 5. The van der Waals surface area contributed by atoms with E-state index in [2.05, 4.69) is 20.8 Å². The van der Waals surface area contributed by atoms with Crippen LogP contribution in [0.25, 0.3) is 0 Å². The Morgan fingerprint density at radius 2 is 1.36 bits per heavy atom. The summed E-state index contributed by atoms with van der Waals surface area (Å²) in [5, 5.41) is 10.8. The largest absolute Gasteiger partial charge is 0.379 e. The van der Waals surface area contributed by atoms with Gasteiger partial charge in [0.15, 0.2) is 5.79 Å². The Kier molecular flexibility index (Phi) is 9.74. The molecule has 0 radical (unpaired) electrons. The zero-order valence-corrected chi connectivity index (χ0v) is 15.6.